The molecule has 0 fully saturated rings. The fourth-order valence-electron chi connectivity index (χ4n) is 2.38. The van der Waals surface area contributed by atoms with Crippen LogP contribution in [-0.2, 0) is 0 Å². The summed E-state index contributed by atoms with van der Waals surface area (Å²) >= 11 is 0. The van der Waals surface area contributed by atoms with E-state index in [-0.39, 0.29) is 0 Å². The van der Waals surface area contributed by atoms with E-state index >= 15 is 0 Å². The van der Waals surface area contributed by atoms with Crippen LogP contribution in [0.3, 0.4) is 0 Å². The van der Waals surface area contributed by atoms with Gasteiger partial charge in [0.05, 0.1) is 54.9 Å². The Bertz CT molecular complexity index is 192. The van der Waals surface area contributed by atoms with Crippen molar-refractivity contribution >= 4 is 0 Å². The molecule has 2 nitrogen and oxygen atoms in total. The van der Waals surface area contributed by atoms with Crippen molar-refractivity contribution in [3.8, 4) is 0 Å². The second-order valence-electron chi connectivity index (χ2n) is 7.52. The monoisotopic (exact) mass is 258 g/mol. The molecule has 0 spiro atoms. The molecule has 0 bridgehead atoms. The average Bonchev–Trinajstić information content (AvgIpc) is 2.23. The summed E-state index contributed by atoms with van der Waals surface area (Å²) in [6.45, 7) is 6.28. The van der Waals surface area contributed by atoms with E-state index in [9.17, 15) is 0 Å². The Labute approximate surface area is 116 Å². The molecule has 0 aromatic heterocycles. The lowest BCUT2D eigenvalue weighted by molar-refractivity contribution is -0.892. The van der Waals surface area contributed by atoms with Crippen LogP contribution in [0.4, 0.5) is 0 Å². The molecule has 0 unspecified atom stereocenters. The molecule has 0 radical (unpaired) electrons. The van der Waals surface area contributed by atoms with E-state index in [2.05, 4.69) is 42.2 Å². The molecule has 0 aliphatic rings. The van der Waals surface area contributed by atoms with E-state index in [1.54, 1.807) is 0 Å². The number of hydrogen-bond donors (Lipinski definition) is 0. The highest BCUT2D eigenvalue weighted by Gasteiger charge is 2.15. The predicted molar refractivity (Wildman–Crippen MR) is 82.7 cm³/mol. The van der Waals surface area contributed by atoms with Crippen LogP contribution >= 0.6 is 0 Å². The molecule has 0 aliphatic carbocycles. The van der Waals surface area contributed by atoms with Crippen LogP contribution in [-0.4, -0.2) is 63.8 Å². The van der Waals surface area contributed by atoms with E-state index in [1.165, 1.54) is 69.1 Å². The second kappa shape index (κ2) is 8.92. The summed E-state index contributed by atoms with van der Waals surface area (Å²) in [6.07, 6.45) is 9.76. The average molecular weight is 258 g/mol. The Balaban J connectivity index is 3.54. The topological polar surface area (TPSA) is 0 Å². The van der Waals surface area contributed by atoms with Gasteiger partial charge in [-0.15, -0.1) is 0 Å². The number of unbranched alkanes of at least 4 members (excludes halogenated alkanes) is 5. The quantitative estimate of drug-likeness (QED) is 0.393. The third kappa shape index (κ3) is 12.4. The molecule has 0 rings (SSSR count). The zero-order valence-corrected chi connectivity index (χ0v) is 14.0. The molecule has 0 amide bonds. The number of quaternary nitrogens is 2. The molecule has 0 aromatic rings. The zero-order chi connectivity index (χ0) is 14.1. The molecular formula is C16H38N2+2. The van der Waals surface area contributed by atoms with Gasteiger partial charge in [-0.25, -0.2) is 0 Å². The van der Waals surface area contributed by atoms with Crippen molar-refractivity contribution in [2.75, 3.05) is 54.9 Å². The minimum atomic E-state index is 1.10. The summed E-state index contributed by atoms with van der Waals surface area (Å²) in [5.74, 6) is 0. The van der Waals surface area contributed by atoms with Gasteiger partial charge in [-0.05, 0) is 12.8 Å². The van der Waals surface area contributed by atoms with E-state index < -0.39 is 0 Å². The highest BCUT2D eigenvalue weighted by Crippen LogP contribution is 2.09. The van der Waals surface area contributed by atoms with Gasteiger partial charge in [-0.3, -0.25) is 0 Å². The summed E-state index contributed by atoms with van der Waals surface area (Å²) in [6, 6.07) is 0. The van der Waals surface area contributed by atoms with Gasteiger partial charge in [0.1, 0.15) is 0 Å². The van der Waals surface area contributed by atoms with Crippen LogP contribution < -0.4 is 0 Å². The summed E-state index contributed by atoms with van der Waals surface area (Å²) in [4.78, 5) is 0. The van der Waals surface area contributed by atoms with Crippen molar-refractivity contribution in [1.82, 2.24) is 0 Å². The van der Waals surface area contributed by atoms with Gasteiger partial charge in [-0.1, -0.05) is 26.2 Å². The van der Waals surface area contributed by atoms with E-state index in [1.807, 2.05) is 0 Å². The lowest BCUT2D eigenvalue weighted by Crippen LogP contribution is -2.42. The van der Waals surface area contributed by atoms with E-state index in [0.717, 1.165) is 4.48 Å². The smallest absolute Gasteiger partial charge is 0.0784 e. The van der Waals surface area contributed by atoms with Gasteiger partial charge in [0.2, 0.25) is 0 Å². The van der Waals surface area contributed by atoms with Crippen molar-refractivity contribution < 1.29 is 8.97 Å². The largest absolute Gasteiger partial charge is 0.331 e. The summed E-state index contributed by atoms with van der Waals surface area (Å²) in [5.41, 5.74) is 0. The van der Waals surface area contributed by atoms with Gasteiger partial charge in [0.25, 0.3) is 0 Å². The summed E-state index contributed by atoms with van der Waals surface area (Å²) < 4.78 is 2.31. The Morgan fingerprint density at radius 3 is 1.50 bits per heavy atom. The molecule has 0 N–H and O–H groups in total. The summed E-state index contributed by atoms with van der Waals surface area (Å²) in [5, 5.41) is 0. The first-order valence-corrected chi connectivity index (χ1v) is 7.89. The van der Waals surface area contributed by atoms with Gasteiger partial charge >= 0.3 is 0 Å². The second-order valence-corrected chi connectivity index (χ2v) is 7.52. The molecule has 18 heavy (non-hydrogen) atoms. The molecule has 2 heteroatoms. The zero-order valence-electron chi connectivity index (χ0n) is 14.0. The Morgan fingerprint density at radius 1 is 0.556 bits per heavy atom. The van der Waals surface area contributed by atoms with Gasteiger partial charge < -0.3 is 8.97 Å². The maximum absolute atomic E-state index is 2.39. The minimum Gasteiger partial charge on any atom is -0.331 e. The van der Waals surface area contributed by atoms with E-state index in [0.29, 0.717) is 0 Å². The van der Waals surface area contributed by atoms with Crippen molar-refractivity contribution in [3.63, 3.8) is 0 Å². The highest BCUT2D eigenvalue weighted by molar-refractivity contribution is 4.44. The highest BCUT2D eigenvalue weighted by atomic mass is 15.3. The third-order valence-electron chi connectivity index (χ3n) is 3.71. The van der Waals surface area contributed by atoms with Crippen LogP contribution in [0.25, 0.3) is 0 Å². The Morgan fingerprint density at radius 2 is 1.00 bits per heavy atom. The molecule has 0 atom stereocenters. The first kappa shape index (κ1) is 17.9. The molecule has 0 aromatic carbocycles. The third-order valence-corrected chi connectivity index (χ3v) is 3.71. The van der Waals surface area contributed by atoms with Crippen molar-refractivity contribution in [1.29, 1.82) is 0 Å². The van der Waals surface area contributed by atoms with Gasteiger partial charge in [0, 0.05) is 12.8 Å². The fraction of sp³-hybridized carbons (Fsp3) is 1.00. The molecule has 0 saturated heterocycles. The first-order chi connectivity index (χ1) is 8.27. The van der Waals surface area contributed by atoms with Crippen molar-refractivity contribution in [3.05, 3.63) is 0 Å². The maximum Gasteiger partial charge on any atom is 0.0784 e. The van der Waals surface area contributed by atoms with Crippen molar-refractivity contribution in [2.45, 2.75) is 51.9 Å². The lowest BCUT2D eigenvalue weighted by atomic mass is 10.1. The Kier molecular flexibility index (Phi) is 8.89. The number of nitrogens with zero attached hydrogens (tertiary/aromatic N) is 2. The minimum absolute atomic E-state index is 1.10. The first-order valence-electron chi connectivity index (χ1n) is 7.89. The van der Waals surface area contributed by atoms with Crippen molar-refractivity contribution in [2.24, 2.45) is 0 Å². The van der Waals surface area contributed by atoms with Gasteiger partial charge in [-0.2, -0.15) is 0 Å². The molecule has 0 heterocycles. The molecular weight excluding hydrogens is 220 g/mol. The Hall–Kier alpha value is -0.0800. The number of rotatable bonds is 11. The van der Waals surface area contributed by atoms with Crippen LogP contribution in [0, 0.1) is 0 Å². The lowest BCUT2D eigenvalue weighted by Gasteiger charge is -2.30. The standard InChI is InChI=1S/C16H38N2/c1-7-8-9-10-11-15-18(5,6)16-13-12-14-17(2,3)4/h7-16H2,1-6H3/q+2. The van der Waals surface area contributed by atoms with Crippen LogP contribution in [0.1, 0.15) is 51.9 Å². The van der Waals surface area contributed by atoms with Crippen LogP contribution in [0.15, 0.2) is 0 Å². The van der Waals surface area contributed by atoms with Crippen LogP contribution in [0.2, 0.25) is 0 Å². The molecule has 0 aliphatic heterocycles. The normalized spacial score (nSPS) is 13.0. The fourth-order valence-corrected chi connectivity index (χ4v) is 2.38. The SMILES string of the molecule is CCCCCCC[N+](C)(C)CCCC[N+](C)(C)C. The predicted octanol–water partition coefficient (Wildman–Crippen LogP) is 3.52. The molecule has 110 valence electrons. The maximum atomic E-state index is 2.39. The molecule has 0 saturated carbocycles. The summed E-state index contributed by atoms with van der Waals surface area (Å²) in [7, 11) is 11.6. The van der Waals surface area contributed by atoms with Gasteiger partial charge in [0.15, 0.2) is 0 Å². The van der Waals surface area contributed by atoms with E-state index in [4.69, 9.17) is 0 Å². The number of hydrogen-bond acceptors (Lipinski definition) is 0. The van der Waals surface area contributed by atoms with Crippen LogP contribution in [0.5, 0.6) is 0 Å².